The van der Waals surface area contributed by atoms with E-state index >= 15 is 0 Å². The lowest BCUT2D eigenvalue weighted by Gasteiger charge is -2.05. The molecule has 0 unspecified atom stereocenters. The summed E-state index contributed by atoms with van der Waals surface area (Å²) in [7, 11) is 0. The molecule has 1 aromatic heterocycles. The first kappa shape index (κ1) is 10.5. The molecule has 0 aliphatic carbocycles. The number of nitrogens with zero attached hydrogens (tertiary/aromatic N) is 1. The summed E-state index contributed by atoms with van der Waals surface area (Å²) in [6.07, 6.45) is 1.45. The monoisotopic (exact) mass is 220 g/mol. The van der Waals surface area contributed by atoms with Crippen LogP contribution in [0.3, 0.4) is 0 Å². The third kappa shape index (κ3) is 2.53. The Bertz CT molecular complexity index is 474. The van der Waals surface area contributed by atoms with Crippen molar-refractivity contribution in [2.45, 2.75) is 6.61 Å². The molecule has 4 heteroatoms. The average Bonchev–Trinajstić information content (AvgIpc) is 2.29. The molecule has 0 bridgehead atoms. The van der Waals surface area contributed by atoms with Gasteiger partial charge in [0.1, 0.15) is 18.2 Å². The summed E-state index contributed by atoms with van der Waals surface area (Å²) in [6, 6.07) is 9.35. The van der Waals surface area contributed by atoms with Crippen LogP contribution in [0, 0.1) is 17.7 Å². The highest BCUT2D eigenvalue weighted by Gasteiger charge is 2.04. The molecule has 0 amide bonds. The SMILES string of the molecule is Fc1ccc(COc2cc[c]cn2)c(F)c1. The van der Waals surface area contributed by atoms with E-state index in [0.29, 0.717) is 5.88 Å². The predicted octanol–water partition coefficient (Wildman–Crippen LogP) is 2.74. The zero-order valence-corrected chi connectivity index (χ0v) is 8.28. The summed E-state index contributed by atoms with van der Waals surface area (Å²) in [4.78, 5) is 3.87. The molecule has 1 radical (unpaired) electrons. The lowest BCUT2D eigenvalue weighted by molar-refractivity contribution is 0.287. The van der Waals surface area contributed by atoms with Crippen LogP contribution >= 0.6 is 0 Å². The zero-order chi connectivity index (χ0) is 11.4. The molecule has 0 atom stereocenters. The number of hydrogen-bond acceptors (Lipinski definition) is 2. The molecule has 0 N–H and O–H groups in total. The number of rotatable bonds is 3. The van der Waals surface area contributed by atoms with Crippen molar-refractivity contribution >= 4 is 0 Å². The van der Waals surface area contributed by atoms with E-state index in [9.17, 15) is 8.78 Å². The molecule has 0 fully saturated rings. The van der Waals surface area contributed by atoms with Gasteiger partial charge in [0.2, 0.25) is 5.88 Å². The van der Waals surface area contributed by atoms with Gasteiger partial charge in [0, 0.05) is 30.0 Å². The fraction of sp³-hybridized carbons (Fsp3) is 0.0833. The van der Waals surface area contributed by atoms with Gasteiger partial charge in [-0.05, 0) is 18.2 Å². The average molecular weight is 220 g/mol. The van der Waals surface area contributed by atoms with E-state index in [1.54, 1.807) is 12.1 Å². The standard InChI is InChI=1S/C12H8F2NO/c13-10-5-4-9(11(14)7-10)8-16-12-3-1-2-6-15-12/h1,3-7H,8H2. The summed E-state index contributed by atoms with van der Waals surface area (Å²) < 4.78 is 31.0. The molecule has 81 valence electrons. The molecule has 2 nitrogen and oxygen atoms in total. The number of hydrogen-bond donors (Lipinski definition) is 0. The molecule has 16 heavy (non-hydrogen) atoms. The van der Waals surface area contributed by atoms with Crippen molar-refractivity contribution in [1.82, 2.24) is 4.98 Å². The molecule has 1 aromatic carbocycles. The second-order valence-corrected chi connectivity index (χ2v) is 3.12. The van der Waals surface area contributed by atoms with Gasteiger partial charge in [-0.25, -0.2) is 13.8 Å². The van der Waals surface area contributed by atoms with Crippen molar-refractivity contribution in [3.63, 3.8) is 0 Å². The quantitative estimate of drug-likeness (QED) is 0.793. The molecule has 2 rings (SSSR count). The van der Waals surface area contributed by atoms with Crippen molar-refractivity contribution < 1.29 is 13.5 Å². The molecule has 0 saturated heterocycles. The molecular weight excluding hydrogens is 212 g/mol. The second kappa shape index (κ2) is 4.70. The number of ether oxygens (including phenoxy) is 1. The molecule has 0 spiro atoms. The Labute approximate surface area is 91.5 Å². The third-order valence-corrected chi connectivity index (χ3v) is 1.98. The van der Waals surface area contributed by atoms with Crippen molar-refractivity contribution in [3.05, 3.63) is 59.8 Å². The van der Waals surface area contributed by atoms with Crippen molar-refractivity contribution in [1.29, 1.82) is 0 Å². The summed E-state index contributed by atoms with van der Waals surface area (Å²) >= 11 is 0. The minimum Gasteiger partial charge on any atom is -0.473 e. The van der Waals surface area contributed by atoms with Crippen LogP contribution in [-0.2, 0) is 6.61 Å². The van der Waals surface area contributed by atoms with Gasteiger partial charge in [0.15, 0.2) is 0 Å². The van der Waals surface area contributed by atoms with E-state index in [4.69, 9.17) is 4.74 Å². The van der Waals surface area contributed by atoms with Crippen LogP contribution in [-0.4, -0.2) is 4.98 Å². The smallest absolute Gasteiger partial charge is 0.213 e. The summed E-state index contributed by atoms with van der Waals surface area (Å²) in [6.45, 7) is 0.0170. The second-order valence-electron chi connectivity index (χ2n) is 3.12. The van der Waals surface area contributed by atoms with Crippen LogP contribution < -0.4 is 4.74 Å². The van der Waals surface area contributed by atoms with E-state index in [1.807, 2.05) is 0 Å². The van der Waals surface area contributed by atoms with Gasteiger partial charge in [-0.3, -0.25) is 0 Å². The Morgan fingerprint density at radius 3 is 2.81 bits per heavy atom. The van der Waals surface area contributed by atoms with Crippen LogP contribution in [0.1, 0.15) is 5.56 Å². The lowest BCUT2D eigenvalue weighted by Crippen LogP contribution is -2.00. The van der Waals surface area contributed by atoms with Crippen LogP contribution in [0.25, 0.3) is 0 Å². The number of benzene rings is 1. The Morgan fingerprint density at radius 1 is 1.25 bits per heavy atom. The Hall–Kier alpha value is -1.97. The van der Waals surface area contributed by atoms with Crippen LogP contribution in [0.5, 0.6) is 5.88 Å². The van der Waals surface area contributed by atoms with Gasteiger partial charge in [0.25, 0.3) is 0 Å². The zero-order valence-electron chi connectivity index (χ0n) is 8.28. The molecule has 0 aliphatic heterocycles. The normalized spacial score (nSPS) is 10.1. The van der Waals surface area contributed by atoms with E-state index in [2.05, 4.69) is 11.1 Å². The highest BCUT2D eigenvalue weighted by Crippen LogP contribution is 2.12. The molecule has 1 heterocycles. The first-order valence-corrected chi connectivity index (χ1v) is 4.64. The van der Waals surface area contributed by atoms with E-state index in [-0.39, 0.29) is 12.2 Å². The van der Waals surface area contributed by atoms with Crippen molar-refractivity contribution in [3.8, 4) is 5.88 Å². The maximum Gasteiger partial charge on any atom is 0.213 e. The Morgan fingerprint density at radius 2 is 2.12 bits per heavy atom. The predicted molar refractivity (Wildman–Crippen MR) is 53.8 cm³/mol. The molecule has 0 aliphatic rings. The maximum absolute atomic E-state index is 13.2. The fourth-order valence-electron chi connectivity index (χ4n) is 1.18. The van der Waals surface area contributed by atoms with E-state index < -0.39 is 11.6 Å². The number of aromatic nitrogens is 1. The van der Waals surface area contributed by atoms with Gasteiger partial charge >= 0.3 is 0 Å². The minimum absolute atomic E-state index is 0.0170. The maximum atomic E-state index is 13.2. The fourth-order valence-corrected chi connectivity index (χ4v) is 1.18. The number of halogens is 2. The highest BCUT2D eigenvalue weighted by molar-refractivity contribution is 5.18. The first-order valence-electron chi connectivity index (χ1n) is 4.64. The highest BCUT2D eigenvalue weighted by atomic mass is 19.1. The largest absolute Gasteiger partial charge is 0.473 e. The minimum atomic E-state index is -0.623. The molecule has 0 saturated carbocycles. The van der Waals surface area contributed by atoms with Crippen molar-refractivity contribution in [2.75, 3.05) is 0 Å². The molecular formula is C12H8F2NO. The first-order chi connectivity index (χ1) is 7.75. The van der Waals surface area contributed by atoms with Gasteiger partial charge in [-0.2, -0.15) is 0 Å². The van der Waals surface area contributed by atoms with E-state index in [0.717, 1.165) is 6.07 Å². The van der Waals surface area contributed by atoms with E-state index in [1.165, 1.54) is 18.3 Å². The summed E-state index contributed by atoms with van der Waals surface area (Å²) in [5, 5.41) is 0. The van der Waals surface area contributed by atoms with Crippen molar-refractivity contribution in [2.24, 2.45) is 0 Å². The van der Waals surface area contributed by atoms with Crippen LogP contribution in [0.2, 0.25) is 0 Å². The third-order valence-electron chi connectivity index (χ3n) is 1.98. The van der Waals surface area contributed by atoms with Gasteiger partial charge in [0.05, 0.1) is 0 Å². The van der Waals surface area contributed by atoms with Gasteiger partial charge < -0.3 is 4.74 Å². The Balaban J connectivity index is 2.05. The molecule has 2 aromatic rings. The topological polar surface area (TPSA) is 22.1 Å². The van der Waals surface area contributed by atoms with Crippen LogP contribution in [0.4, 0.5) is 8.78 Å². The Kier molecular flexibility index (Phi) is 3.10. The van der Waals surface area contributed by atoms with Gasteiger partial charge in [-0.15, -0.1) is 0 Å². The summed E-state index contributed by atoms with van der Waals surface area (Å²) in [5.74, 6) is -0.848. The van der Waals surface area contributed by atoms with Gasteiger partial charge in [-0.1, -0.05) is 0 Å². The number of pyridine rings is 1. The van der Waals surface area contributed by atoms with Crippen LogP contribution in [0.15, 0.2) is 36.5 Å². The summed E-state index contributed by atoms with van der Waals surface area (Å²) in [5.41, 5.74) is 0.288. The lowest BCUT2D eigenvalue weighted by atomic mass is 10.2.